The zero-order valence-electron chi connectivity index (χ0n) is 12.8. The molecule has 3 aromatic rings. The molecule has 1 fully saturated rings. The van der Waals surface area contributed by atoms with E-state index < -0.39 is 0 Å². The van der Waals surface area contributed by atoms with E-state index in [1.807, 2.05) is 54.6 Å². The molecule has 1 aliphatic rings. The first kappa shape index (κ1) is 14.0. The second kappa shape index (κ2) is 5.88. The van der Waals surface area contributed by atoms with E-state index in [4.69, 9.17) is 4.74 Å². The summed E-state index contributed by atoms with van der Waals surface area (Å²) in [4.78, 5) is 12.5. The summed E-state index contributed by atoms with van der Waals surface area (Å²) in [6, 6.07) is 24.1. The maximum absolute atomic E-state index is 12.5. The summed E-state index contributed by atoms with van der Waals surface area (Å²) >= 11 is 0. The van der Waals surface area contributed by atoms with Gasteiger partial charge in [0.2, 0.25) is 0 Å². The Morgan fingerprint density at radius 1 is 0.826 bits per heavy atom. The van der Waals surface area contributed by atoms with E-state index in [-0.39, 0.29) is 11.9 Å². The summed E-state index contributed by atoms with van der Waals surface area (Å²) in [7, 11) is 0. The number of esters is 1. The lowest BCUT2D eigenvalue weighted by Crippen LogP contribution is -2.34. The van der Waals surface area contributed by atoms with Crippen LogP contribution in [0.3, 0.4) is 0 Å². The molecular weight excluding hydrogens is 284 g/mol. The average Bonchev–Trinajstić information content (AvgIpc) is 2.54. The maximum atomic E-state index is 12.5. The Balaban J connectivity index is 1.51. The van der Waals surface area contributed by atoms with Crippen molar-refractivity contribution in [3.8, 4) is 5.75 Å². The van der Waals surface area contributed by atoms with Gasteiger partial charge in [-0.1, -0.05) is 60.7 Å². The third kappa shape index (κ3) is 2.72. The van der Waals surface area contributed by atoms with Crippen molar-refractivity contribution < 1.29 is 9.53 Å². The fourth-order valence-electron chi connectivity index (χ4n) is 3.30. The predicted octanol–water partition coefficient (Wildman–Crippen LogP) is 4.94. The largest absolute Gasteiger partial charge is 0.426 e. The van der Waals surface area contributed by atoms with Crippen molar-refractivity contribution in [2.75, 3.05) is 0 Å². The van der Waals surface area contributed by atoms with Gasteiger partial charge in [0.25, 0.3) is 0 Å². The van der Waals surface area contributed by atoms with E-state index >= 15 is 0 Å². The number of carbonyl (C=O) groups excluding carboxylic acids is 1. The van der Waals surface area contributed by atoms with Gasteiger partial charge in [-0.15, -0.1) is 0 Å². The van der Waals surface area contributed by atoms with Crippen molar-refractivity contribution in [2.45, 2.75) is 18.8 Å². The molecule has 2 heteroatoms. The third-order valence-corrected chi connectivity index (χ3v) is 4.74. The van der Waals surface area contributed by atoms with Crippen LogP contribution >= 0.6 is 0 Å². The highest BCUT2D eigenvalue weighted by molar-refractivity contribution is 5.85. The molecule has 2 nitrogen and oxygen atoms in total. The summed E-state index contributed by atoms with van der Waals surface area (Å²) in [6.45, 7) is 0. The van der Waals surface area contributed by atoms with E-state index in [0.29, 0.717) is 11.7 Å². The van der Waals surface area contributed by atoms with Gasteiger partial charge in [-0.3, -0.25) is 4.79 Å². The molecule has 114 valence electrons. The van der Waals surface area contributed by atoms with Gasteiger partial charge < -0.3 is 4.74 Å². The van der Waals surface area contributed by atoms with Crippen LogP contribution in [-0.4, -0.2) is 5.97 Å². The first-order chi connectivity index (χ1) is 11.3. The molecule has 23 heavy (non-hydrogen) atoms. The molecule has 0 aromatic heterocycles. The highest BCUT2D eigenvalue weighted by Crippen LogP contribution is 2.43. The van der Waals surface area contributed by atoms with Gasteiger partial charge in [-0.2, -0.15) is 0 Å². The number of carbonyl (C=O) groups is 1. The zero-order valence-corrected chi connectivity index (χ0v) is 12.8. The molecule has 1 aliphatic carbocycles. The number of rotatable bonds is 3. The van der Waals surface area contributed by atoms with E-state index in [1.165, 1.54) is 5.56 Å². The SMILES string of the molecule is O=C(Oc1ccc2ccccc2c1)[C@@H]1CC[C@@H]1c1ccccc1. The van der Waals surface area contributed by atoms with Gasteiger partial charge in [0.15, 0.2) is 0 Å². The summed E-state index contributed by atoms with van der Waals surface area (Å²) in [5, 5.41) is 2.24. The summed E-state index contributed by atoms with van der Waals surface area (Å²) < 4.78 is 5.64. The number of ether oxygens (including phenoxy) is 1. The normalized spacial score (nSPS) is 20.0. The van der Waals surface area contributed by atoms with Crippen LogP contribution in [0.2, 0.25) is 0 Å². The van der Waals surface area contributed by atoms with Crippen molar-refractivity contribution in [3.63, 3.8) is 0 Å². The van der Waals surface area contributed by atoms with Crippen LogP contribution < -0.4 is 4.74 Å². The molecule has 0 bridgehead atoms. The second-order valence-corrected chi connectivity index (χ2v) is 6.13. The Kier molecular flexibility index (Phi) is 3.58. The molecule has 4 rings (SSSR count). The fourth-order valence-corrected chi connectivity index (χ4v) is 3.30. The molecule has 0 unspecified atom stereocenters. The van der Waals surface area contributed by atoms with Crippen molar-refractivity contribution in [3.05, 3.63) is 78.4 Å². The number of benzene rings is 3. The molecule has 0 aliphatic heterocycles. The van der Waals surface area contributed by atoms with Crippen LogP contribution in [0.15, 0.2) is 72.8 Å². The van der Waals surface area contributed by atoms with Gasteiger partial charge in [0, 0.05) is 0 Å². The Morgan fingerprint density at radius 3 is 2.30 bits per heavy atom. The van der Waals surface area contributed by atoms with Crippen LogP contribution in [0.5, 0.6) is 5.75 Å². The lowest BCUT2D eigenvalue weighted by molar-refractivity contribution is -0.142. The lowest BCUT2D eigenvalue weighted by atomic mass is 9.70. The zero-order chi connectivity index (χ0) is 15.6. The van der Waals surface area contributed by atoms with Crippen molar-refractivity contribution in [1.82, 2.24) is 0 Å². The van der Waals surface area contributed by atoms with E-state index in [0.717, 1.165) is 23.6 Å². The summed E-state index contributed by atoms with van der Waals surface area (Å²) in [5.74, 6) is 0.792. The van der Waals surface area contributed by atoms with E-state index in [1.54, 1.807) is 0 Å². The summed E-state index contributed by atoms with van der Waals surface area (Å²) in [6.07, 6.45) is 1.97. The molecule has 3 aromatic carbocycles. The van der Waals surface area contributed by atoms with Crippen LogP contribution in [0.25, 0.3) is 10.8 Å². The lowest BCUT2D eigenvalue weighted by Gasteiger charge is -2.35. The topological polar surface area (TPSA) is 26.3 Å². The molecule has 0 heterocycles. The Labute approximate surface area is 135 Å². The molecule has 1 saturated carbocycles. The predicted molar refractivity (Wildman–Crippen MR) is 91.5 cm³/mol. The van der Waals surface area contributed by atoms with Gasteiger partial charge in [-0.25, -0.2) is 0 Å². The number of hydrogen-bond acceptors (Lipinski definition) is 2. The molecular formula is C21H18O2. The standard InChI is InChI=1S/C21H18O2/c22-21(20-13-12-19(20)16-7-2-1-3-8-16)23-18-11-10-15-6-4-5-9-17(15)14-18/h1-11,14,19-20H,12-13H2/t19-,20-/m1/s1. The minimum Gasteiger partial charge on any atom is -0.426 e. The smallest absolute Gasteiger partial charge is 0.314 e. The second-order valence-electron chi connectivity index (χ2n) is 6.13. The first-order valence-corrected chi connectivity index (χ1v) is 8.07. The first-order valence-electron chi connectivity index (χ1n) is 8.07. The van der Waals surface area contributed by atoms with Gasteiger partial charge in [0.1, 0.15) is 5.75 Å². The molecule has 0 radical (unpaired) electrons. The van der Waals surface area contributed by atoms with E-state index in [9.17, 15) is 4.79 Å². The molecule has 0 saturated heterocycles. The average molecular weight is 302 g/mol. The highest BCUT2D eigenvalue weighted by Gasteiger charge is 2.38. The highest BCUT2D eigenvalue weighted by atomic mass is 16.5. The van der Waals surface area contributed by atoms with Crippen molar-refractivity contribution in [1.29, 1.82) is 0 Å². The van der Waals surface area contributed by atoms with Crippen LogP contribution in [0.4, 0.5) is 0 Å². The van der Waals surface area contributed by atoms with Gasteiger partial charge in [0.05, 0.1) is 5.92 Å². The fraction of sp³-hybridized carbons (Fsp3) is 0.190. The number of hydrogen-bond donors (Lipinski definition) is 0. The number of fused-ring (bicyclic) bond motifs is 1. The van der Waals surface area contributed by atoms with Gasteiger partial charge in [-0.05, 0) is 47.2 Å². The molecule has 0 N–H and O–H groups in total. The third-order valence-electron chi connectivity index (χ3n) is 4.74. The Morgan fingerprint density at radius 2 is 1.57 bits per heavy atom. The minimum atomic E-state index is -0.111. The summed E-state index contributed by atoms with van der Waals surface area (Å²) in [5.41, 5.74) is 1.24. The maximum Gasteiger partial charge on any atom is 0.314 e. The Bertz CT molecular complexity index is 839. The molecule has 2 atom stereocenters. The van der Waals surface area contributed by atoms with E-state index in [2.05, 4.69) is 18.2 Å². The Hall–Kier alpha value is -2.61. The quantitative estimate of drug-likeness (QED) is 0.506. The van der Waals surface area contributed by atoms with Crippen LogP contribution in [0, 0.1) is 5.92 Å². The van der Waals surface area contributed by atoms with Crippen LogP contribution in [0.1, 0.15) is 24.3 Å². The van der Waals surface area contributed by atoms with Crippen molar-refractivity contribution in [2.24, 2.45) is 5.92 Å². The minimum absolute atomic E-state index is 0.0242. The monoisotopic (exact) mass is 302 g/mol. The van der Waals surface area contributed by atoms with Gasteiger partial charge >= 0.3 is 5.97 Å². The molecule has 0 amide bonds. The molecule has 0 spiro atoms. The van der Waals surface area contributed by atoms with Crippen molar-refractivity contribution >= 4 is 16.7 Å². The van der Waals surface area contributed by atoms with Crippen LogP contribution in [-0.2, 0) is 4.79 Å².